The molecule has 9 heteroatoms. The van der Waals surface area contributed by atoms with Crippen LogP contribution in [0.5, 0.6) is 0 Å². The quantitative estimate of drug-likeness (QED) is 0.276. The number of rotatable bonds is 13. The number of hydrogen-bond acceptors (Lipinski definition) is 6. The fourth-order valence-electron chi connectivity index (χ4n) is 3.03. The van der Waals surface area contributed by atoms with Gasteiger partial charge in [-0.2, -0.15) is 0 Å². The van der Waals surface area contributed by atoms with Crippen molar-refractivity contribution in [1.82, 2.24) is 9.13 Å². The molecule has 0 unspecified atom stereocenters. The van der Waals surface area contributed by atoms with Gasteiger partial charge >= 0.3 is 5.69 Å². The first-order chi connectivity index (χ1) is 15.0. The number of benzene rings is 1. The maximum atomic E-state index is 13.0. The van der Waals surface area contributed by atoms with E-state index in [0.717, 1.165) is 35.8 Å². The van der Waals surface area contributed by atoms with E-state index in [1.807, 2.05) is 12.1 Å². The molecule has 0 radical (unpaired) electrons. The Labute approximate surface area is 187 Å². The summed E-state index contributed by atoms with van der Waals surface area (Å²) in [6, 6.07) is 7.24. The maximum absolute atomic E-state index is 13.0. The molecular weight excluding hydrogens is 420 g/mol. The van der Waals surface area contributed by atoms with Crippen LogP contribution >= 0.6 is 11.6 Å². The molecule has 8 nitrogen and oxygen atoms in total. The van der Waals surface area contributed by atoms with Crippen LogP contribution in [0, 0.1) is 0 Å². The Hall–Kier alpha value is -2.58. The third kappa shape index (κ3) is 7.25. The van der Waals surface area contributed by atoms with Gasteiger partial charge < -0.3 is 15.2 Å². The molecule has 0 atom stereocenters. The van der Waals surface area contributed by atoms with Crippen molar-refractivity contribution < 1.29 is 9.84 Å². The number of ether oxygens (including phenoxy) is 1. The lowest BCUT2D eigenvalue weighted by Crippen LogP contribution is -2.40. The number of halogens is 1. The number of aliphatic imine (C=N–C) groups is 1. The summed E-state index contributed by atoms with van der Waals surface area (Å²) in [6.07, 6.45) is 5.88. The molecule has 2 rings (SSSR count). The summed E-state index contributed by atoms with van der Waals surface area (Å²) >= 11 is 5.93. The minimum Gasteiger partial charge on any atom is -0.483 e. The Morgan fingerprint density at radius 3 is 2.58 bits per heavy atom. The summed E-state index contributed by atoms with van der Waals surface area (Å²) in [6.45, 7) is 3.03. The molecule has 0 aliphatic rings. The third-order valence-corrected chi connectivity index (χ3v) is 5.06. The number of nitrogens with zero attached hydrogens (tertiary/aromatic N) is 3. The molecule has 1 aromatic heterocycles. The fourth-order valence-corrected chi connectivity index (χ4v) is 3.16. The van der Waals surface area contributed by atoms with Gasteiger partial charge in [-0.05, 0) is 30.5 Å². The Kier molecular flexibility index (Phi) is 10.3. The number of aromatic nitrogens is 2. The first kappa shape index (κ1) is 24.7. The molecule has 2 N–H and O–H groups in total. The molecule has 0 saturated heterocycles. The SMILES string of the molecule is CCCCCCO/C=N/c1c(NCc2ccc(Cl)cc2)c(=O)n(CCCO)c(=O)n1C. The Morgan fingerprint density at radius 1 is 1.16 bits per heavy atom. The zero-order valence-corrected chi connectivity index (χ0v) is 18.9. The third-order valence-electron chi connectivity index (χ3n) is 4.81. The van der Waals surface area contributed by atoms with Crippen LogP contribution in [0.25, 0.3) is 0 Å². The monoisotopic (exact) mass is 450 g/mol. The van der Waals surface area contributed by atoms with E-state index in [2.05, 4.69) is 17.2 Å². The smallest absolute Gasteiger partial charge is 0.332 e. The van der Waals surface area contributed by atoms with Gasteiger partial charge in [0.05, 0.1) is 6.61 Å². The standard InChI is InChI=1S/C22H31ClN4O4/c1-3-4-5-6-14-31-16-25-20-19(24-15-17-8-10-18(23)11-9-17)21(29)27(12-7-13-28)22(30)26(20)2/h8-11,16,24,28H,3-7,12-15H2,1-2H3/b25-16+. The predicted molar refractivity (Wildman–Crippen MR) is 125 cm³/mol. The molecule has 0 bridgehead atoms. The van der Waals surface area contributed by atoms with Crippen molar-refractivity contribution in [3.63, 3.8) is 0 Å². The van der Waals surface area contributed by atoms with Crippen molar-refractivity contribution in [2.24, 2.45) is 12.0 Å². The van der Waals surface area contributed by atoms with Gasteiger partial charge in [-0.15, -0.1) is 0 Å². The van der Waals surface area contributed by atoms with Gasteiger partial charge in [0.2, 0.25) is 0 Å². The molecule has 0 aliphatic heterocycles. The van der Waals surface area contributed by atoms with Crippen molar-refractivity contribution in [1.29, 1.82) is 0 Å². The van der Waals surface area contributed by atoms with Gasteiger partial charge in [0.25, 0.3) is 5.56 Å². The molecule has 0 spiro atoms. The average Bonchev–Trinajstić information content (AvgIpc) is 2.77. The van der Waals surface area contributed by atoms with Crippen molar-refractivity contribution in [3.05, 3.63) is 55.7 Å². The first-order valence-corrected chi connectivity index (χ1v) is 10.9. The average molecular weight is 451 g/mol. The minimum absolute atomic E-state index is 0.116. The minimum atomic E-state index is -0.495. The topological polar surface area (TPSA) is 97.8 Å². The first-order valence-electron chi connectivity index (χ1n) is 10.6. The van der Waals surface area contributed by atoms with Crippen LogP contribution in [-0.2, 0) is 24.9 Å². The summed E-state index contributed by atoms with van der Waals surface area (Å²) in [5.74, 6) is 0.192. The number of nitrogens with one attached hydrogen (secondary N) is 1. The molecule has 1 aromatic carbocycles. The highest BCUT2D eigenvalue weighted by Crippen LogP contribution is 2.19. The number of aliphatic hydroxyl groups excluding tert-OH is 1. The number of unbranched alkanes of at least 4 members (excludes halogenated alkanes) is 3. The molecular formula is C22H31ClN4O4. The molecule has 1 heterocycles. The lowest BCUT2D eigenvalue weighted by atomic mass is 10.2. The Balaban J connectivity index is 2.28. The largest absolute Gasteiger partial charge is 0.483 e. The van der Waals surface area contributed by atoms with Gasteiger partial charge in [0.15, 0.2) is 12.2 Å². The number of anilines is 1. The highest BCUT2D eigenvalue weighted by molar-refractivity contribution is 6.30. The van der Waals surface area contributed by atoms with E-state index >= 15 is 0 Å². The maximum Gasteiger partial charge on any atom is 0.332 e. The molecule has 0 saturated carbocycles. The van der Waals surface area contributed by atoms with Crippen LogP contribution in [-0.4, -0.2) is 33.9 Å². The van der Waals surface area contributed by atoms with Gasteiger partial charge in [-0.25, -0.2) is 9.79 Å². The van der Waals surface area contributed by atoms with Crippen LogP contribution < -0.4 is 16.6 Å². The van der Waals surface area contributed by atoms with Crippen molar-refractivity contribution in [2.75, 3.05) is 18.5 Å². The molecule has 0 amide bonds. The van der Waals surface area contributed by atoms with Crippen molar-refractivity contribution >= 4 is 29.5 Å². The van der Waals surface area contributed by atoms with E-state index in [1.54, 1.807) is 19.2 Å². The summed E-state index contributed by atoms with van der Waals surface area (Å²) in [5, 5.41) is 12.8. The normalized spacial score (nSPS) is 11.2. The number of aliphatic hydroxyl groups is 1. The molecule has 31 heavy (non-hydrogen) atoms. The van der Waals surface area contributed by atoms with Gasteiger partial charge in [0.1, 0.15) is 5.69 Å². The van der Waals surface area contributed by atoms with Crippen molar-refractivity contribution in [3.8, 4) is 0 Å². The van der Waals surface area contributed by atoms with E-state index in [1.165, 1.54) is 11.0 Å². The summed E-state index contributed by atoms with van der Waals surface area (Å²) < 4.78 is 7.86. The van der Waals surface area contributed by atoms with Gasteiger partial charge in [-0.3, -0.25) is 13.9 Å². The van der Waals surface area contributed by atoms with Gasteiger partial charge in [-0.1, -0.05) is 49.9 Å². The van der Waals surface area contributed by atoms with Crippen LogP contribution in [0.15, 0.2) is 38.8 Å². The summed E-state index contributed by atoms with van der Waals surface area (Å²) in [4.78, 5) is 30.0. The van der Waals surface area contributed by atoms with E-state index < -0.39 is 11.2 Å². The second kappa shape index (κ2) is 13.0. The second-order valence-corrected chi connectivity index (χ2v) is 7.66. The zero-order valence-electron chi connectivity index (χ0n) is 18.1. The highest BCUT2D eigenvalue weighted by Gasteiger charge is 2.17. The lowest BCUT2D eigenvalue weighted by Gasteiger charge is -2.15. The Bertz CT molecular complexity index is 967. The van der Waals surface area contributed by atoms with E-state index in [-0.39, 0.29) is 24.7 Å². The highest BCUT2D eigenvalue weighted by atomic mass is 35.5. The van der Waals surface area contributed by atoms with Crippen LogP contribution in [0.4, 0.5) is 11.5 Å². The fraction of sp³-hybridized carbons (Fsp3) is 0.500. The summed E-state index contributed by atoms with van der Waals surface area (Å²) in [7, 11) is 1.55. The Morgan fingerprint density at radius 2 is 1.90 bits per heavy atom. The number of hydrogen-bond donors (Lipinski definition) is 2. The van der Waals surface area contributed by atoms with Crippen molar-refractivity contribution in [2.45, 2.75) is 52.1 Å². The van der Waals surface area contributed by atoms with E-state index in [0.29, 0.717) is 24.6 Å². The molecule has 0 fully saturated rings. The molecule has 0 aliphatic carbocycles. The van der Waals surface area contributed by atoms with Crippen LogP contribution in [0.3, 0.4) is 0 Å². The van der Waals surface area contributed by atoms with E-state index in [9.17, 15) is 9.59 Å². The van der Waals surface area contributed by atoms with E-state index in [4.69, 9.17) is 21.4 Å². The molecule has 170 valence electrons. The van der Waals surface area contributed by atoms with Crippen LogP contribution in [0.1, 0.15) is 44.6 Å². The van der Waals surface area contributed by atoms with Gasteiger partial charge in [0, 0.05) is 31.8 Å². The second-order valence-electron chi connectivity index (χ2n) is 7.22. The zero-order chi connectivity index (χ0) is 22.6. The van der Waals surface area contributed by atoms with Crippen LogP contribution in [0.2, 0.25) is 5.02 Å². The molecule has 2 aromatic rings. The predicted octanol–water partition coefficient (Wildman–Crippen LogP) is 3.45. The lowest BCUT2D eigenvalue weighted by molar-refractivity contribution is 0.277. The summed E-state index contributed by atoms with van der Waals surface area (Å²) in [5.41, 5.74) is 0.133.